The van der Waals surface area contributed by atoms with E-state index in [1.54, 1.807) is 36.1 Å². The average molecular weight is 422 g/mol. The lowest BCUT2D eigenvalue weighted by atomic mass is 10.2. The van der Waals surface area contributed by atoms with E-state index in [2.05, 4.69) is 25.8 Å². The van der Waals surface area contributed by atoms with Crippen LogP contribution in [-0.4, -0.2) is 59.5 Å². The number of allylic oxidation sites excluding steroid dienone is 3. The summed E-state index contributed by atoms with van der Waals surface area (Å²) in [5, 5.41) is 14.7. The number of nitrogens with zero attached hydrogens (tertiary/aromatic N) is 4. The van der Waals surface area contributed by atoms with Gasteiger partial charge in [-0.15, -0.1) is 10.2 Å². The van der Waals surface area contributed by atoms with Crippen LogP contribution >= 0.6 is 0 Å². The maximum absolute atomic E-state index is 12.6. The predicted molar refractivity (Wildman–Crippen MR) is 117 cm³/mol. The van der Waals surface area contributed by atoms with Gasteiger partial charge in [0.15, 0.2) is 11.5 Å². The molecule has 0 aliphatic carbocycles. The molecule has 31 heavy (non-hydrogen) atoms. The average Bonchev–Trinajstić information content (AvgIpc) is 3.45. The Morgan fingerprint density at radius 3 is 3.13 bits per heavy atom. The lowest BCUT2D eigenvalue weighted by Gasteiger charge is -2.12. The Labute approximate surface area is 180 Å². The minimum Gasteiger partial charge on any atom is -0.497 e. The molecule has 162 valence electrons. The number of hydrogen-bond acceptors (Lipinski definition) is 7. The SMILES string of the molecule is COC1=C/C/N=C\C=C(\OCc2nnc3ccc(C(=O)NC4CCNC4)cn23)C/C=C\1. The number of pyridine rings is 1. The van der Waals surface area contributed by atoms with Gasteiger partial charge in [0.1, 0.15) is 18.1 Å². The number of carbonyl (C=O) groups excluding carboxylic acids is 1. The highest BCUT2D eigenvalue weighted by Gasteiger charge is 2.18. The number of rotatable bonds is 6. The van der Waals surface area contributed by atoms with Crippen LogP contribution in [0.2, 0.25) is 0 Å². The summed E-state index contributed by atoms with van der Waals surface area (Å²) in [6, 6.07) is 3.71. The van der Waals surface area contributed by atoms with Gasteiger partial charge in [-0.2, -0.15) is 0 Å². The van der Waals surface area contributed by atoms with Crippen LogP contribution in [0.5, 0.6) is 0 Å². The molecule has 9 nitrogen and oxygen atoms in total. The number of amides is 1. The van der Waals surface area contributed by atoms with Crippen LogP contribution in [0.15, 0.2) is 59.1 Å². The Hall–Kier alpha value is -3.46. The number of carbonyl (C=O) groups is 1. The summed E-state index contributed by atoms with van der Waals surface area (Å²) in [5.41, 5.74) is 1.22. The fourth-order valence-electron chi connectivity index (χ4n) is 3.40. The number of fused-ring (bicyclic) bond motifs is 1. The number of methoxy groups -OCH3 is 1. The number of nitrogens with one attached hydrogen (secondary N) is 2. The molecule has 0 saturated carbocycles. The Bertz CT molecular complexity index is 1050. The van der Waals surface area contributed by atoms with Gasteiger partial charge in [0.05, 0.1) is 19.2 Å². The van der Waals surface area contributed by atoms with Crippen molar-refractivity contribution in [1.82, 2.24) is 25.2 Å². The van der Waals surface area contributed by atoms with Gasteiger partial charge in [0.2, 0.25) is 0 Å². The summed E-state index contributed by atoms with van der Waals surface area (Å²) >= 11 is 0. The highest BCUT2D eigenvalue weighted by atomic mass is 16.5. The van der Waals surface area contributed by atoms with Gasteiger partial charge in [-0.05, 0) is 43.3 Å². The molecule has 9 heteroatoms. The molecule has 0 spiro atoms. The van der Waals surface area contributed by atoms with Crippen LogP contribution in [0.4, 0.5) is 0 Å². The molecular weight excluding hydrogens is 396 g/mol. The van der Waals surface area contributed by atoms with E-state index in [0.29, 0.717) is 30.0 Å². The van der Waals surface area contributed by atoms with Crippen LogP contribution in [0.25, 0.3) is 5.65 Å². The normalized spacial score (nSPS) is 24.5. The van der Waals surface area contributed by atoms with E-state index >= 15 is 0 Å². The van der Waals surface area contributed by atoms with Crippen LogP contribution in [0.3, 0.4) is 0 Å². The molecular formula is C22H26N6O3. The van der Waals surface area contributed by atoms with Crippen molar-refractivity contribution in [2.75, 3.05) is 26.7 Å². The van der Waals surface area contributed by atoms with Gasteiger partial charge in [-0.3, -0.25) is 14.2 Å². The number of aromatic nitrogens is 3. The molecule has 1 fully saturated rings. The molecule has 0 aromatic carbocycles. The highest BCUT2D eigenvalue weighted by Crippen LogP contribution is 2.13. The van der Waals surface area contributed by atoms with Gasteiger partial charge in [0.25, 0.3) is 5.91 Å². The third-order valence-corrected chi connectivity index (χ3v) is 5.12. The minimum atomic E-state index is -0.102. The van der Waals surface area contributed by atoms with Crippen molar-refractivity contribution in [1.29, 1.82) is 0 Å². The Kier molecular flexibility index (Phi) is 6.73. The van der Waals surface area contributed by atoms with Gasteiger partial charge in [0, 0.05) is 31.4 Å². The van der Waals surface area contributed by atoms with Crippen LogP contribution in [0, 0.1) is 0 Å². The molecule has 1 saturated heterocycles. The fraction of sp³-hybridized carbons (Fsp3) is 0.364. The zero-order valence-corrected chi connectivity index (χ0v) is 17.5. The molecule has 2 aliphatic heterocycles. The Balaban J connectivity index is 1.45. The second-order valence-electron chi connectivity index (χ2n) is 7.28. The molecule has 2 aromatic rings. The maximum Gasteiger partial charge on any atom is 0.253 e. The van der Waals surface area contributed by atoms with E-state index in [0.717, 1.165) is 31.0 Å². The molecule has 1 unspecified atom stereocenters. The van der Waals surface area contributed by atoms with E-state index in [4.69, 9.17) is 9.47 Å². The smallest absolute Gasteiger partial charge is 0.253 e. The van der Waals surface area contributed by atoms with E-state index in [1.807, 2.05) is 24.3 Å². The van der Waals surface area contributed by atoms with Crippen molar-refractivity contribution in [2.45, 2.75) is 25.5 Å². The maximum atomic E-state index is 12.6. The standard InChI is InChI=1S/C22H26N6O3/c1-30-18-3-2-4-19(9-12-23-11-8-18)31-15-21-27-26-20-6-5-16(14-28(20)21)22(29)25-17-7-10-24-13-17/h2-3,5-6,8-9,12,14,17,24H,4,7,10-11,13,15H2,1H3,(H,25,29)/b3-2-,18-8+,19-9+,23-12-. The third kappa shape index (κ3) is 5.37. The van der Waals surface area contributed by atoms with Gasteiger partial charge < -0.3 is 20.1 Å². The van der Waals surface area contributed by atoms with Crippen LogP contribution < -0.4 is 10.6 Å². The zero-order valence-electron chi connectivity index (χ0n) is 17.5. The second-order valence-corrected chi connectivity index (χ2v) is 7.28. The quantitative estimate of drug-likeness (QED) is 0.736. The number of aliphatic imine (C=N–C) groups is 1. The predicted octanol–water partition coefficient (Wildman–Crippen LogP) is 1.78. The van der Waals surface area contributed by atoms with Crippen molar-refractivity contribution < 1.29 is 14.3 Å². The molecule has 1 amide bonds. The molecule has 4 rings (SSSR count). The van der Waals surface area contributed by atoms with Crippen molar-refractivity contribution in [3.63, 3.8) is 0 Å². The molecule has 2 aliphatic rings. The summed E-state index contributed by atoms with van der Waals surface area (Å²) < 4.78 is 13.0. The molecule has 0 radical (unpaired) electrons. The topological polar surface area (TPSA) is 102 Å². The largest absolute Gasteiger partial charge is 0.497 e. The van der Waals surface area contributed by atoms with Crippen molar-refractivity contribution >= 4 is 17.8 Å². The van der Waals surface area contributed by atoms with Crippen LogP contribution in [-0.2, 0) is 16.1 Å². The van der Waals surface area contributed by atoms with Crippen molar-refractivity contribution in [3.8, 4) is 0 Å². The second kappa shape index (κ2) is 10.0. The van der Waals surface area contributed by atoms with E-state index in [-0.39, 0.29) is 18.6 Å². The summed E-state index contributed by atoms with van der Waals surface area (Å²) in [5.74, 6) is 2.02. The molecule has 4 heterocycles. The minimum absolute atomic E-state index is 0.102. The first-order chi connectivity index (χ1) is 15.2. The molecule has 2 N–H and O–H groups in total. The summed E-state index contributed by atoms with van der Waals surface area (Å²) in [6.07, 6.45) is 12.6. The van der Waals surface area contributed by atoms with Gasteiger partial charge >= 0.3 is 0 Å². The van der Waals surface area contributed by atoms with Gasteiger partial charge in [-0.25, -0.2) is 0 Å². The third-order valence-electron chi connectivity index (χ3n) is 5.12. The highest BCUT2D eigenvalue weighted by molar-refractivity contribution is 5.94. The Morgan fingerprint density at radius 2 is 2.29 bits per heavy atom. The first-order valence-electron chi connectivity index (χ1n) is 10.3. The first kappa shape index (κ1) is 20.8. The lowest BCUT2D eigenvalue weighted by molar-refractivity contribution is 0.0939. The van der Waals surface area contributed by atoms with Crippen molar-refractivity contribution in [2.24, 2.45) is 4.99 Å². The molecule has 2 aromatic heterocycles. The zero-order chi connectivity index (χ0) is 21.5. The van der Waals surface area contributed by atoms with E-state index in [9.17, 15) is 4.79 Å². The van der Waals surface area contributed by atoms with Crippen LogP contribution in [0.1, 0.15) is 29.0 Å². The first-order valence-corrected chi connectivity index (χ1v) is 10.3. The Morgan fingerprint density at radius 1 is 1.35 bits per heavy atom. The number of hydrogen-bond donors (Lipinski definition) is 2. The summed E-state index contributed by atoms with van der Waals surface area (Å²) in [4.78, 5) is 16.9. The monoisotopic (exact) mass is 422 g/mol. The molecule has 0 bridgehead atoms. The number of ether oxygens (including phenoxy) is 2. The van der Waals surface area contributed by atoms with Gasteiger partial charge in [-0.1, -0.05) is 6.08 Å². The van der Waals surface area contributed by atoms with E-state index < -0.39 is 0 Å². The summed E-state index contributed by atoms with van der Waals surface area (Å²) in [6.45, 7) is 2.48. The fourth-order valence-corrected chi connectivity index (χ4v) is 3.40. The molecule has 1 atom stereocenters. The van der Waals surface area contributed by atoms with E-state index in [1.165, 1.54) is 0 Å². The lowest BCUT2D eigenvalue weighted by Crippen LogP contribution is -2.36. The van der Waals surface area contributed by atoms with Crippen molar-refractivity contribution in [3.05, 3.63) is 65.5 Å². The summed E-state index contributed by atoms with van der Waals surface area (Å²) in [7, 11) is 1.63.